The van der Waals surface area contributed by atoms with E-state index in [1.807, 2.05) is 11.8 Å². The van der Waals surface area contributed by atoms with Crippen LogP contribution in [0.2, 0.25) is 0 Å². The van der Waals surface area contributed by atoms with Gasteiger partial charge >= 0.3 is 0 Å². The van der Waals surface area contributed by atoms with Crippen molar-refractivity contribution in [1.82, 2.24) is 14.9 Å². The zero-order valence-corrected chi connectivity index (χ0v) is 16.4. The summed E-state index contributed by atoms with van der Waals surface area (Å²) in [6, 6.07) is 6.25. The van der Waals surface area contributed by atoms with Crippen LogP contribution in [0.4, 0.5) is 0 Å². The summed E-state index contributed by atoms with van der Waals surface area (Å²) in [5.74, 6) is -0.0646. The molecule has 2 fully saturated rings. The number of benzene rings is 1. The van der Waals surface area contributed by atoms with E-state index in [-0.39, 0.29) is 41.9 Å². The summed E-state index contributed by atoms with van der Waals surface area (Å²) in [6.45, 7) is 5.16. The van der Waals surface area contributed by atoms with Crippen molar-refractivity contribution < 1.29 is 17.9 Å². The Balaban J connectivity index is 0.00000243. The maximum Gasteiger partial charge on any atom is 0.254 e. The number of hydrogen-bond acceptors (Lipinski definition) is 5. The van der Waals surface area contributed by atoms with E-state index >= 15 is 0 Å². The van der Waals surface area contributed by atoms with Crippen molar-refractivity contribution in [2.75, 3.05) is 32.8 Å². The summed E-state index contributed by atoms with van der Waals surface area (Å²) in [4.78, 5) is 14.6. The van der Waals surface area contributed by atoms with E-state index in [4.69, 9.17) is 4.74 Å². The second kappa shape index (κ2) is 9.14. The molecule has 0 spiro atoms. The molecule has 2 atom stereocenters. The van der Waals surface area contributed by atoms with Gasteiger partial charge in [-0.3, -0.25) is 4.79 Å². The fourth-order valence-corrected chi connectivity index (χ4v) is 4.24. The lowest BCUT2D eigenvalue weighted by Crippen LogP contribution is -2.52. The van der Waals surface area contributed by atoms with E-state index < -0.39 is 10.0 Å². The Morgan fingerprint density at radius 1 is 1.35 bits per heavy atom. The lowest BCUT2D eigenvalue weighted by Gasteiger charge is -2.34. The predicted octanol–water partition coefficient (Wildman–Crippen LogP) is 1.000. The molecule has 9 heteroatoms. The molecule has 2 aliphatic heterocycles. The third-order valence-electron chi connectivity index (χ3n) is 4.70. The first-order valence-corrected chi connectivity index (χ1v) is 10.2. The number of nitrogens with zero attached hydrogens (tertiary/aromatic N) is 1. The van der Waals surface area contributed by atoms with Crippen LogP contribution < -0.4 is 10.0 Å². The Labute approximate surface area is 160 Å². The first-order chi connectivity index (χ1) is 12.0. The summed E-state index contributed by atoms with van der Waals surface area (Å²) < 4.78 is 32.7. The van der Waals surface area contributed by atoms with Crippen molar-refractivity contribution >= 4 is 28.3 Å². The molecular formula is C17H26ClN3O4S. The highest BCUT2D eigenvalue weighted by Crippen LogP contribution is 2.16. The van der Waals surface area contributed by atoms with Crippen LogP contribution in [0.3, 0.4) is 0 Å². The van der Waals surface area contributed by atoms with Crippen LogP contribution in [0.5, 0.6) is 0 Å². The molecule has 0 saturated carbocycles. The maximum absolute atomic E-state index is 12.6. The molecule has 7 nitrogen and oxygen atoms in total. The first kappa shape index (κ1) is 21.1. The van der Waals surface area contributed by atoms with Crippen molar-refractivity contribution in [1.29, 1.82) is 0 Å². The lowest BCUT2D eigenvalue weighted by molar-refractivity contribution is 0.0655. The van der Waals surface area contributed by atoms with Gasteiger partial charge < -0.3 is 15.0 Å². The predicted molar refractivity (Wildman–Crippen MR) is 101 cm³/mol. The molecule has 26 heavy (non-hydrogen) atoms. The Morgan fingerprint density at radius 2 is 2.08 bits per heavy atom. The number of nitrogens with one attached hydrogen (secondary N) is 2. The molecule has 1 aromatic carbocycles. The quantitative estimate of drug-likeness (QED) is 0.765. The Kier molecular flexibility index (Phi) is 7.42. The number of halogens is 1. The van der Waals surface area contributed by atoms with Gasteiger partial charge in [-0.15, -0.1) is 12.4 Å². The zero-order valence-electron chi connectivity index (χ0n) is 14.8. The largest absolute Gasteiger partial charge is 0.377 e. The van der Waals surface area contributed by atoms with Crippen molar-refractivity contribution in [3.05, 3.63) is 29.8 Å². The number of carbonyl (C=O) groups excluding carboxylic acids is 1. The highest BCUT2D eigenvalue weighted by atomic mass is 35.5. The van der Waals surface area contributed by atoms with Gasteiger partial charge in [0.2, 0.25) is 10.0 Å². The molecule has 1 aromatic rings. The highest BCUT2D eigenvalue weighted by molar-refractivity contribution is 7.89. The molecular weight excluding hydrogens is 378 g/mol. The molecule has 3 rings (SSSR count). The number of rotatable bonds is 5. The van der Waals surface area contributed by atoms with Gasteiger partial charge in [0.1, 0.15) is 0 Å². The van der Waals surface area contributed by atoms with E-state index in [1.54, 1.807) is 12.1 Å². The number of ether oxygens (including phenoxy) is 1. The molecule has 0 bridgehead atoms. The van der Waals surface area contributed by atoms with Gasteiger partial charge in [-0.25, -0.2) is 13.1 Å². The molecule has 1 amide bonds. The van der Waals surface area contributed by atoms with Gasteiger partial charge in [-0.1, -0.05) is 0 Å². The van der Waals surface area contributed by atoms with E-state index in [0.717, 1.165) is 25.9 Å². The van der Waals surface area contributed by atoms with Crippen LogP contribution in [0.15, 0.2) is 29.2 Å². The number of carbonyl (C=O) groups is 1. The minimum atomic E-state index is -3.59. The number of piperazine rings is 1. The average Bonchev–Trinajstić information content (AvgIpc) is 3.14. The molecule has 2 heterocycles. The lowest BCUT2D eigenvalue weighted by atomic mass is 10.1. The summed E-state index contributed by atoms with van der Waals surface area (Å²) in [7, 11) is -3.59. The molecule has 0 radical (unpaired) electrons. The zero-order chi connectivity index (χ0) is 17.9. The van der Waals surface area contributed by atoms with Crippen LogP contribution in [-0.2, 0) is 14.8 Å². The van der Waals surface area contributed by atoms with Gasteiger partial charge in [0, 0.05) is 44.4 Å². The maximum atomic E-state index is 12.6. The van der Waals surface area contributed by atoms with E-state index in [2.05, 4.69) is 10.0 Å². The van der Waals surface area contributed by atoms with Crippen LogP contribution in [-0.4, -0.2) is 64.2 Å². The highest BCUT2D eigenvalue weighted by Gasteiger charge is 2.25. The second-order valence-corrected chi connectivity index (χ2v) is 8.33. The molecule has 146 valence electrons. The third kappa shape index (κ3) is 4.95. The first-order valence-electron chi connectivity index (χ1n) is 8.70. The number of hydrogen-bond donors (Lipinski definition) is 2. The summed E-state index contributed by atoms with van der Waals surface area (Å²) >= 11 is 0. The van der Waals surface area contributed by atoms with Crippen molar-refractivity contribution in [2.24, 2.45) is 0 Å². The van der Waals surface area contributed by atoms with Crippen LogP contribution >= 0.6 is 12.4 Å². The summed E-state index contributed by atoms with van der Waals surface area (Å²) in [5, 5.41) is 3.25. The summed E-state index contributed by atoms with van der Waals surface area (Å²) in [5.41, 5.74) is 0.506. The van der Waals surface area contributed by atoms with E-state index in [9.17, 15) is 13.2 Å². The summed E-state index contributed by atoms with van der Waals surface area (Å²) in [6.07, 6.45) is 1.79. The molecule has 2 N–H and O–H groups in total. The minimum absolute atomic E-state index is 0. The Hall–Kier alpha value is -1.19. The minimum Gasteiger partial charge on any atom is -0.377 e. The van der Waals surface area contributed by atoms with Crippen molar-refractivity contribution in [3.63, 3.8) is 0 Å². The SMILES string of the molecule is C[C@H]1CNCCN1C(=O)c1ccc(S(=O)(=O)NCC2CCCO2)cc1.Cl. The van der Waals surface area contributed by atoms with E-state index in [0.29, 0.717) is 18.7 Å². The average molecular weight is 404 g/mol. The Bertz CT molecular complexity index is 705. The van der Waals surface area contributed by atoms with Gasteiger partial charge in [0.05, 0.1) is 11.0 Å². The fraction of sp³-hybridized carbons (Fsp3) is 0.588. The normalized spacial score (nSPS) is 23.5. The van der Waals surface area contributed by atoms with Gasteiger partial charge in [-0.05, 0) is 44.0 Å². The topological polar surface area (TPSA) is 87.7 Å². The second-order valence-electron chi connectivity index (χ2n) is 6.56. The third-order valence-corrected chi connectivity index (χ3v) is 6.14. The molecule has 2 aliphatic rings. The smallest absolute Gasteiger partial charge is 0.254 e. The van der Waals surface area contributed by atoms with Gasteiger partial charge in [0.15, 0.2) is 0 Å². The fourth-order valence-electron chi connectivity index (χ4n) is 3.18. The molecule has 1 unspecified atom stereocenters. The standard InChI is InChI=1S/C17H25N3O4S.ClH/c1-13-11-18-8-9-20(13)17(21)14-4-6-16(7-5-14)25(22,23)19-12-15-3-2-10-24-15;/h4-7,13,15,18-19H,2-3,8-12H2,1H3;1H/t13-,15?;/m0./s1. The van der Waals surface area contributed by atoms with Crippen LogP contribution in [0.1, 0.15) is 30.1 Å². The van der Waals surface area contributed by atoms with Gasteiger partial charge in [0.25, 0.3) is 5.91 Å². The van der Waals surface area contributed by atoms with E-state index in [1.165, 1.54) is 12.1 Å². The van der Waals surface area contributed by atoms with Gasteiger partial charge in [-0.2, -0.15) is 0 Å². The Morgan fingerprint density at radius 3 is 2.69 bits per heavy atom. The molecule has 0 aromatic heterocycles. The van der Waals surface area contributed by atoms with Crippen LogP contribution in [0, 0.1) is 0 Å². The number of sulfonamides is 1. The van der Waals surface area contributed by atoms with Crippen molar-refractivity contribution in [2.45, 2.75) is 36.8 Å². The van der Waals surface area contributed by atoms with Crippen LogP contribution in [0.25, 0.3) is 0 Å². The molecule has 0 aliphatic carbocycles. The monoisotopic (exact) mass is 403 g/mol. The number of amides is 1. The van der Waals surface area contributed by atoms with Crippen molar-refractivity contribution in [3.8, 4) is 0 Å². The molecule has 2 saturated heterocycles.